The third-order valence-corrected chi connectivity index (χ3v) is 7.14. The van der Waals surface area contributed by atoms with Crippen LogP contribution in [-0.4, -0.2) is 24.6 Å². The zero-order valence-corrected chi connectivity index (χ0v) is 21.9. The molecule has 5 rings (SSSR count). The monoisotopic (exact) mass is 518 g/mol. The van der Waals surface area contributed by atoms with Crippen molar-refractivity contribution in [2.24, 2.45) is 5.92 Å². The van der Waals surface area contributed by atoms with Gasteiger partial charge in [-0.15, -0.1) is 0 Å². The van der Waals surface area contributed by atoms with Crippen LogP contribution in [0.1, 0.15) is 49.8 Å². The van der Waals surface area contributed by atoms with Crippen molar-refractivity contribution in [3.63, 3.8) is 0 Å². The Morgan fingerprint density at radius 1 is 1.03 bits per heavy atom. The highest BCUT2D eigenvalue weighted by Gasteiger charge is 2.36. The summed E-state index contributed by atoms with van der Waals surface area (Å²) in [7, 11) is 1.48. The lowest BCUT2D eigenvalue weighted by Gasteiger charge is -2.30. The summed E-state index contributed by atoms with van der Waals surface area (Å²) in [5, 5.41) is 17.5. The molecule has 0 fully saturated rings. The number of benzene rings is 3. The Hall–Kier alpha value is -3.64. The fourth-order valence-electron chi connectivity index (χ4n) is 4.99. The number of phenolic OH excluding ortho intramolecular Hbond substituents is 1. The Kier molecular flexibility index (Phi) is 7.02. The Labute approximate surface area is 222 Å². The maximum absolute atomic E-state index is 13.8. The predicted molar refractivity (Wildman–Crippen MR) is 147 cm³/mol. The molecule has 0 saturated carbocycles. The minimum Gasteiger partial charge on any atom is -0.503 e. The van der Waals surface area contributed by atoms with Crippen LogP contribution < -0.4 is 20.1 Å². The molecule has 0 bridgehead atoms. The van der Waals surface area contributed by atoms with E-state index in [2.05, 4.69) is 36.6 Å². The van der Waals surface area contributed by atoms with Gasteiger partial charge in [-0.2, -0.15) is 0 Å². The number of methoxy groups -OCH3 is 1. The van der Waals surface area contributed by atoms with Gasteiger partial charge in [-0.05, 0) is 65.8 Å². The zero-order chi connectivity index (χ0) is 26.1. The van der Waals surface area contributed by atoms with E-state index in [1.54, 1.807) is 12.1 Å². The maximum Gasteiger partial charge on any atom is 0.176 e. The number of ketones is 1. The third-order valence-electron chi connectivity index (χ3n) is 6.85. The molecule has 1 aliphatic carbocycles. The summed E-state index contributed by atoms with van der Waals surface area (Å²) in [6.07, 6.45) is 1.08. The minimum atomic E-state index is -0.460. The summed E-state index contributed by atoms with van der Waals surface area (Å²) in [4.78, 5) is 13.8. The molecule has 2 aliphatic rings. The molecule has 3 aromatic carbocycles. The highest BCUT2D eigenvalue weighted by Crippen LogP contribution is 2.46. The van der Waals surface area contributed by atoms with Gasteiger partial charge in [-0.3, -0.25) is 4.79 Å². The molecule has 192 valence electrons. The molecule has 37 heavy (non-hydrogen) atoms. The van der Waals surface area contributed by atoms with Crippen LogP contribution >= 0.6 is 11.6 Å². The number of phenols is 1. The predicted octanol–water partition coefficient (Wildman–Crippen LogP) is 7.07. The summed E-state index contributed by atoms with van der Waals surface area (Å²) in [5.74, 6) is 1.54. The Morgan fingerprint density at radius 2 is 1.76 bits per heavy atom. The highest BCUT2D eigenvalue weighted by atomic mass is 35.5. The Balaban J connectivity index is 1.52. The van der Waals surface area contributed by atoms with Gasteiger partial charge in [0, 0.05) is 17.7 Å². The SMILES string of the molecule is COc1cc(C2Nc3ccccc3NC3=C2C(=O)CC(c2ccc(OCC(C)C)cc2)C3)cc(Cl)c1O. The molecule has 1 heterocycles. The summed E-state index contributed by atoms with van der Waals surface area (Å²) in [6, 6.07) is 18.9. The average molecular weight is 519 g/mol. The number of halogens is 1. The van der Waals surface area contributed by atoms with Gasteiger partial charge >= 0.3 is 0 Å². The topological polar surface area (TPSA) is 79.8 Å². The number of allylic oxidation sites excluding steroid dienone is 1. The number of rotatable bonds is 6. The number of carbonyl (C=O) groups excluding carboxylic acids is 1. The number of aromatic hydroxyl groups is 1. The Morgan fingerprint density at radius 3 is 2.46 bits per heavy atom. The maximum atomic E-state index is 13.8. The molecule has 3 aromatic rings. The quantitative estimate of drug-likeness (QED) is 0.324. The summed E-state index contributed by atoms with van der Waals surface area (Å²) in [5.41, 5.74) is 5.18. The van der Waals surface area contributed by atoms with E-state index in [0.29, 0.717) is 30.9 Å². The summed E-state index contributed by atoms with van der Waals surface area (Å²) < 4.78 is 11.2. The molecule has 3 N–H and O–H groups in total. The van der Waals surface area contributed by atoms with E-state index in [9.17, 15) is 9.90 Å². The van der Waals surface area contributed by atoms with Crippen molar-refractivity contribution in [1.29, 1.82) is 0 Å². The number of ether oxygens (including phenoxy) is 2. The van der Waals surface area contributed by atoms with Gasteiger partial charge in [0.15, 0.2) is 17.3 Å². The smallest absolute Gasteiger partial charge is 0.176 e. The molecule has 2 unspecified atom stereocenters. The highest BCUT2D eigenvalue weighted by molar-refractivity contribution is 6.32. The van der Waals surface area contributed by atoms with Crippen molar-refractivity contribution >= 4 is 28.8 Å². The molecular formula is C30H31ClN2O4. The lowest BCUT2D eigenvalue weighted by atomic mass is 9.78. The van der Waals surface area contributed by atoms with Crippen LogP contribution in [0.4, 0.5) is 11.4 Å². The normalized spacial score (nSPS) is 18.9. The van der Waals surface area contributed by atoms with Crippen molar-refractivity contribution in [3.8, 4) is 17.2 Å². The molecule has 0 saturated heterocycles. The lowest BCUT2D eigenvalue weighted by Crippen LogP contribution is -2.27. The van der Waals surface area contributed by atoms with E-state index in [4.69, 9.17) is 21.1 Å². The second-order valence-electron chi connectivity index (χ2n) is 10.00. The average Bonchev–Trinajstić information content (AvgIpc) is 3.06. The minimum absolute atomic E-state index is 0.0433. The number of nitrogens with one attached hydrogen (secondary N) is 2. The number of carbonyl (C=O) groups is 1. The van der Waals surface area contributed by atoms with Crippen molar-refractivity contribution in [2.75, 3.05) is 24.4 Å². The van der Waals surface area contributed by atoms with Gasteiger partial charge in [0.05, 0.1) is 36.2 Å². The second kappa shape index (κ2) is 10.4. The number of para-hydroxylation sites is 2. The number of hydrogen-bond acceptors (Lipinski definition) is 6. The molecule has 0 aromatic heterocycles. The van der Waals surface area contributed by atoms with Gasteiger partial charge in [0.1, 0.15) is 5.75 Å². The number of fused-ring (bicyclic) bond motifs is 1. The Bertz CT molecular complexity index is 1350. The van der Waals surface area contributed by atoms with Gasteiger partial charge in [-0.1, -0.05) is 49.7 Å². The molecule has 0 spiro atoms. The lowest BCUT2D eigenvalue weighted by molar-refractivity contribution is -0.116. The van der Waals surface area contributed by atoms with E-state index in [-0.39, 0.29) is 28.2 Å². The van der Waals surface area contributed by atoms with Crippen LogP contribution in [0.15, 0.2) is 71.9 Å². The van der Waals surface area contributed by atoms with Crippen molar-refractivity contribution in [3.05, 3.63) is 88.1 Å². The van der Waals surface area contributed by atoms with Crippen LogP contribution in [0.5, 0.6) is 17.2 Å². The molecule has 6 nitrogen and oxygen atoms in total. The standard InChI is InChI=1S/C30H31ClN2O4/c1-17(2)16-37-21-10-8-18(9-11-21)19-13-25-28(26(34)14-19)29(33-24-7-5-4-6-23(24)32-25)20-12-22(31)30(35)27(15-20)36-3/h4-12,15,17,19,29,32-33,35H,13-14,16H2,1-3H3. The van der Waals surface area contributed by atoms with Crippen LogP contribution in [-0.2, 0) is 4.79 Å². The molecule has 2 atom stereocenters. The first-order valence-corrected chi connectivity index (χ1v) is 12.9. The van der Waals surface area contributed by atoms with E-state index < -0.39 is 6.04 Å². The van der Waals surface area contributed by atoms with Gasteiger partial charge in [0.2, 0.25) is 0 Å². The summed E-state index contributed by atoms with van der Waals surface area (Å²) >= 11 is 6.34. The van der Waals surface area contributed by atoms with Crippen LogP contribution in [0.25, 0.3) is 0 Å². The molecular weight excluding hydrogens is 488 g/mol. The van der Waals surface area contributed by atoms with Crippen molar-refractivity contribution < 1.29 is 19.4 Å². The van der Waals surface area contributed by atoms with E-state index in [1.165, 1.54) is 7.11 Å². The van der Waals surface area contributed by atoms with Crippen LogP contribution in [0.3, 0.4) is 0 Å². The van der Waals surface area contributed by atoms with Gasteiger partial charge in [0.25, 0.3) is 0 Å². The fourth-order valence-corrected chi connectivity index (χ4v) is 5.21. The van der Waals surface area contributed by atoms with E-state index in [1.807, 2.05) is 36.4 Å². The van der Waals surface area contributed by atoms with Gasteiger partial charge in [-0.25, -0.2) is 0 Å². The van der Waals surface area contributed by atoms with E-state index >= 15 is 0 Å². The molecule has 0 amide bonds. The number of Topliss-reactive ketones (excluding diaryl/α,β-unsaturated/α-hetero) is 1. The molecule has 1 aliphatic heterocycles. The largest absolute Gasteiger partial charge is 0.503 e. The van der Waals surface area contributed by atoms with Crippen molar-refractivity contribution in [1.82, 2.24) is 0 Å². The summed E-state index contributed by atoms with van der Waals surface area (Å²) in [6.45, 7) is 4.91. The number of hydrogen-bond donors (Lipinski definition) is 3. The van der Waals surface area contributed by atoms with Gasteiger partial charge < -0.3 is 25.2 Å². The van der Waals surface area contributed by atoms with E-state index in [0.717, 1.165) is 33.9 Å². The van der Waals surface area contributed by atoms with Crippen LogP contribution in [0, 0.1) is 5.92 Å². The van der Waals surface area contributed by atoms with Crippen LogP contribution in [0.2, 0.25) is 5.02 Å². The zero-order valence-electron chi connectivity index (χ0n) is 21.2. The first-order chi connectivity index (χ1) is 17.8. The number of anilines is 2. The third kappa shape index (κ3) is 5.12. The molecule has 0 radical (unpaired) electrons. The molecule has 7 heteroatoms. The van der Waals surface area contributed by atoms with Crippen molar-refractivity contribution in [2.45, 2.75) is 38.6 Å². The first kappa shape index (κ1) is 25.0. The second-order valence-corrected chi connectivity index (χ2v) is 10.4. The fraction of sp³-hybridized carbons (Fsp3) is 0.300. The first-order valence-electron chi connectivity index (χ1n) is 12.5.